The second-order valence-electron chi connectivity index (χ2n) is 10.7. The van der Waals surface area contributed by atoms with Gasteiger partial charge in [-0.1, -0.05) is 61.2 Å². The molecule has 0 saturated heterocycles. The quantitative estimate of drug-likeness (QED) is 0.324. The first kappa shape index (κ1) is 26.5. The van der Waals surface area contributed by atoms with E-state index in [4.69, 9.17) is 17.3 Å². The van der Waals surface area contributed by atoms with E-state index in [9.17, 15) is 0 Å². The summed E-state index contributed by atoms with van der Waals surface area (Å²) in [6.07, 6.45) is 15.1. The number of fused-ring (bicyclic) bond motifs is 1. The summed E-state index contributed by atoms with van der Waals surface area (Å²) in [6, 6.07) is 18.5. The first-order chi connectivity index (χ1) is 16.7. The van der Waals surface area contributed by atoms with Crippen molar-refractivity contribution in [2.45, 2.75) is 88.8 Å². The lowest BCUT2D eigenvalue weighted by molar-refractivity contribution is 0.322. The van der Waals surface area contributed by atoms with Crippen LogP contribution in [0.25, 0.3) is 10.9 Å². The van der Waals surface area contributed by atoms with Crippen molar-refractivity contribution >= 4 is 34.9 Å². The lowest BCUT2D eigenvalue weighted by Crippen LogP contribution is -2.38. The SMILES string of the molecule is Cl.NC1CCC(NCCC(c2cccc(Cl)c2)c2cn(CC3CCCCC3)c3ccccc23)CC1. The summed E-state index contributed by atoms with van der Waals surface area (Å²) in [4.78, 5) is 0. The minimum atomic E-state index is 0. The monoisotopic (exact) mass is 513 g/mol. The van der Waals surface area contributed by atoms with E-state index in [-0.39, 0.29) is 12.4 Å². The molecule has 3 N–H and O–H groups in total. The summed E-state index contributed by atoms with van der Waals surface area (Å²) in [5.74, 6) is 1.14. The van der Waals surface area contributed by atoms with Gasteiger partial charge in [-0.05, 0) is 86.7 Å². The van der Waals surface area contributed by atoms with Crippen LogP contribution < -0.4 is 11.1 Å². The van der Waals surface area contributed by atoms with Crippen LogP contribution in [0, 0.1) is 5.92 Å². The highest BCUT2D eigenvalue weighted by Crippen LogP contribution is 2.37. The number of hydrogen-bond acceptors (Lipinski definition) is 2. The van der Waals surface area contributed by atoms with E-state index >= 15 is 0 Å². The Bertz CT molecular complexity index is 1060. The Morgan fingerprint density at radius 1 is 0.943 bits per heavy atom. The van der Waals surface area contributed by atoms with Crippen molar-refractivity contribution in [1.29, 1.82) is 0 Å². The first-order valence-corrected chi connectivity index (χ1v) is 13.9. The van der Waals surface area contributed by atoms with E-state index in [1.165, 1.54) is 67.0 Å². The highest BCUT2D eigenvalue weighted by atomic mass is 35.5. The molecule has 1 atom stereocenters. The normalized spacial score (nSPS) is 22.1. The average molecular weight is 515 g/mol. The van der Waals surface area contributed by atoms with Gasteiger partial charge < -0.3 is 15.6 Å². The third-order valence-electron chi connectivity index (χ3n) is 8.26. The standard InChI is InChI=1S/C30H40ClN3.ClH/c31-24-10-6-9-23(19-24)27(17-18-33-26-15-13-25(32)14-16-26)29-21-34(20-22-7-2-1-3-8-22)30-12-5-4-11-28(29)30;/h4-6,9-12,19,21-22,25-27,33H,1-3,7-8,13-18,20,32H2;1H. The molecular weight excluding hydrogens is 473 g/mol. The molecule has 0 spiro atoms. The predicted octanol–water partition coefficient (Wildman–Crippen LogP) is 7.68. The van der Waals surface area contributed by atoms with Crippen LogP contribution in [0.4, 0.5) is 0 Å². The van der Waals surface area contributed by atoms with Crippen molar-refractivity contribution in [3.63, 3.8) is 0 Å². The molecule has 0 aliphatic heterocycles. The zero-order valence-electron chi connectivity index (χ0n) is 20.8. The van der Waals surface area contributed by atoms with E-state index in [1.807, 2.05) is 6.07 Å². The number of halogens is 2. The number of nitrogens with two attached hydrogens (primary N) is 1. The zero-order valence-corrected chi connectivity index (χ0v) is 22.4. The van der Waals surface area contributed by atoms with Crippen molar-refractivity contribution in [2.24, 2.45) is 11.7 Å². The van der Waals surface area contributed by atoms with Crippen LogP contribution in [0.2, 0.25) is 5.02 Å². The van der Waals surface area contributed by atoms with Crippen molar-refractivity contribution in [1.82, 2.24) is 9.88 Å². The summed E-state index contributed by atoms with van der Waals surface area (Å²) in [5.41, 5.74) is 10.3. The zero-order chi connectivity index (χ0) is 23.3. The predicted molar refractivity (Wildman–Crippen MR) is 152 cm³/mol. The third-order valence-corrected chi connectivity index (χ3v) is 8.50. The Labute approximate surface area is 222 Å². The van der Waals surface area contributed by atoms with Gasteiger partial charge >= 0.3 is 0 Å². The third kappa shape index (κ3) is 6.63. The molecule has 190 valence electrons. The fraction of sp³-hybridized carbons (Fsp3) is 0.533. The van der Waals surface area contributed by atoms with Crippen LogP contribution in [0.5, 0.6) is 0 Å². The smallest absolute Gasteiger partial charge is 0.0483 e. The average Bonchev–Trinajstić information content (AvgIpc) is 3.22. The number of nitrogens with one attached hydrogen (secondary N) is 1. The summed E-state index contributed by atoms with van der Waals surface area (Å²) in [6.45, 7) is 2.16. The van der Waals surface area contributed by atoms with Crippen molar-refractivity contribution in [3.8, 4) is 0 Å². The van der Waals surface area contributed by atoms with E-state index in [0.717, 1.165) is 43.3 Å². The molecule has 0 amide bonds. The number of benzene rings is 2. The van der Waals surface area contributed by atoms with Crippen molar-refractivity contribution in [2.75, 3.05) is 6.54 Å². The van der Waals surface area contributed by atoms with Crippen LogP contribution >= 0.6 is 24.0 Å². The molecule has 2 aliphatic rings. The Kier molecular flexibility index (Phi) is 9.58. The number of rotatable bonds is 8. The Hall–Kier alpha value is -1.52. The Balaban J connectivity index is 0.00000289. The molecule has 35 heavy (non-hydrogen) atoms. The topological polar surface area (TPSA) is 43.0 Å². The highest BCUT2D eigenvalue weighted by molar-refractivity contribution is 6.30. The molecule has 1 heterocycles. The number of hydrogen-bond donors (Lipinski definition) is 2. The first-order valence-electron chi connectivity index (χ1n) is 13.5. The van der Waals surface area contributed by atoms with E-state index in [2.05, 4.69) is 58.5 Å². The molecule has 1 unspecified atom stereocenters. The second-order valence-corrected chi connectivity index (χ2v) is 11.2. The number of para-hydroxylation sites is 1. The van der Waals surface area contributed by atoms with Crippen molar-refractivity contribution in [3.05, 3.63) is 70.9 Å². The molecule has 0 radical (unpaired) electrons. The molecule has 2 aliphatic carbocycles. The van der Waals surface area contributed by atoms with Gasteiger partial charge in [-0.15, -0.1) is 12.4 Å². The van der Waals surface area contributed by atoms with Crippen LogP contribution in [0.3, 0.4) is 0 Å². The van der Waals surface area contributed by atoms with Crippen LogP contribution in [-0.4, -0.2) is 23.2 Å². The lowest BCUT2D eigenvalue weighted by atomic mass is 9.87. The Morgan fingerprint density at radius 3 is 2.49 bits per heavy atom. The van der Waals surface area contributed by atoms with Gasteiger partial charge in [0.15, 0.2) is 0 Å². The maximum absolute atomic E-state index is 6.47. The molecule has 1 aromatic heterocycles. The molecule has 3 aromatic rings. The van der Waals surface area contributed by atoms with E-state index in [1.54, 1.807) is 0 Å². The lowest BCUT2D eigenvalue weighted by Gasteiger charge is -2.28. The van der Waals surface area contributed by atoms with Gasteiger partial charge in [0.2, 0.25) is 0 Å². The van der Waals surface area contributed by atoms with Crippen LogP contribution in [0.1, 0.15) is 81.3 Å². The minimum absolute atomic E-state index is 0. The summed E-state index contributed by atoms with van der Waals surface area (Å²) >= 11 is 6.47. The molecule has 5 heteroatoms. The molecule has 2 saturated carbocycles. The molecule has 2 fully saturated rings. The summed E-state index contributed by atoms with van der Waals surface area (Å²) in [5, 5.41) is 6.07. The van der Waals surface area contributed by atoms with Gasteiger partial charge in [0.1, 0.15) is 0 Å². The van der Waals surface area contributed by atoms with Crippen molar-refractivity contribution < 1.29 is 0 Å². The van der Waals surface area contributed by atoms with Crippen LogP contribution in [0.15, 0.2) is 54.7 Å². The van der Waals surface area contributed by atoms with Gasteiger partial charge in [-0.25, -0.2) is 0 Å². The van der Waals surface area contributed by atoms with E-state index < -0.39 is 0 Å². The second kappa shape index (κ2) is 12.6. The van der Waals surface area contributed by atoms with Gasteiger partial charge in [-0.3, -0.25) is 0 Å². The Morgan fingerprint density at radius 2 is 1.71 bits per heavy atom. The van der Waals surface area contributed by atoms with Gasteiger partial charge in [0, 0.05) is 46.7 Å². The number of aromatic nitrogens is 1. The van der Waals surface area contributed by atoms with E-state index in [0.29, 0.717) is 18.0 Å². The fourth-order valence-corrected chi connectivity index (χ4v) is 6.53. The molecular formula is C30H41Cl2N3. The molecule has 0 bridgehead atoms. The molecule has 3 nitrogen and oxygen atoms in total. The van der Waals surface area contributed by atoms with Crippen LogP contribution in [-0.2, 0) is 6.54 Å². The van der Waals surface area contributed by atoms with Gasteiger partial charge in [0.05, 0.1) is 0 Å². The largest absolute Gasteiger partial charge is 0.347 e. The van der Waals surface area contributed by atoms with Gasteiger partial charge in [0.25, 0.3) is 0 Å². The molecule has 2 aromatic carbocycles. The number of nitrogens with zero attached hydrogens (tertiary/aromatic N) is 1. The van der Waals surface area contributed by atoms with Gasteiger partial charge in [-0.2, -0.15) is 0 Å². The maximum atomic E-state index is 6.47. The minimum Gasteiger partial charge on any atom is -0.347 e. The summed E-state index contributed by atoms with van der Waals surface area (Å²) < 4.78 is 2.55. The fourth-order valence-electron chi connectivity index (χ4n) is 6.33. The highest BCUT2D eigenvalue weighted by Gasteiger charge is 2.23. The maximum Gasteiger partial charge on any atom is 0.0483 e. The summed E-state index contributed by atoms with van der Waals surface area (Å²) in [7, 11) is 0. The molecule has 5 rings (SSSR count).